The predicted molar refractivity (Wildman–Crippen MR) is 55.2 cm³/mol. The normalized spacial score (nSPS) is 16.0. The molecule has 2 rings (SSSR count). The molecule has 1 fully saturated rings. The van der Waals surface area contributed by atoms with Crippen LogP contribution in [0, 0.1) is 0 Å². The summed E-state index contributed by atoms with van der Waals surface area (Å²) in [6, 6.07) is 0. The van der Waals surface area contributed by atoms with Gasteiger partial charge in [0.1, 0.15) is 18.5 Å². The molecule has 1 amide bonds. The fraction of sp³-hybridized carbons (Fsp3) is 0.400. The van der Waals surface area contributed by atoms with Crippen LogP contribution in [0.3, 0.4) is 0 Å². The number of aromatic carboxylic acids is 1. The number of amides is 1. The maximum Gasteiger partial charge on any atom is 0.339 e. The molecule has 1 N–H and O–H groups in total. The maximum atomic E-state index is 11.5. The number of carbonyl (C=O) groups is 2. The Morgan fingerprint density at radius 1 is 1.59 bits per heavy atom. The van der Waals surface area contributed by atoms with Crippen molar-refractivity contribution in [2.24, 2.45) is 0 Å². The summed E-state index contributed by atoms with van der Waals surface area (Å²) in [7, 11) is 0. The predicted octanol–water partition coefficient (Wildman–Crippen LogP) is -0.466. The minimum Gasteiger partial charge on any atom is -0.478 e. The van der Waals surface area contributed by atoms with E-state index in [1.165, 1.54) is 17.4 Å². The molecular formula is C10H11N3O4. The topological polar surface area (TPSA) is 92.6 Å². The van der Waals surface area contributed by atoms with Crippen LogP contribution in [0.2, 0.25) is 0 Å². The Hall–Kier alpha value is -2.02. The minimum atomic E-state index is -1.10. The van der Waals surface area contributed by atoms with Crippen LogP contribution < -0.4 is 0 Å². The van der Waals surface area contributed by atoms with Crippen LogP contribution in [0.15, 0.2) is 12.5 Å². The zero-order valence-corrected chi connectivity index (χ0v) is 9.00. The SMILES string of the molecule is O=C(O)c1cncnc1CN1CCOCC1=O. The third kappa shape index (κ3) is 2.56. The number of morpholine rings is 1. The van der Waals surface area contributed by atoms with Crippen LogP contribution in [-0.4, -0.2) is 51.6 Å². The van der Waals surface area contributed by atoms with Gasteiger partial charge in [0.05, 0.1) is 18.8 Å². The molecule has 1 aromatic heterocycles. The number of aromatic nitrogens is 2. The van der Waals surface area contributed by atoms with Crippen LogP contribution in [0.4, 0.5) is 0 Å². The molecule has 1 aliphatic heterocycles. The van der Waals surface area contributed by atoms with Crippen molar-refractivity contribution in [1.29, 1.82) is 0 Å². The first-order chi connectivity index (χ1) is 8.18. The highest BCUT2D eigenvalue weighted by Crippen LogP contribution is 2.09. The minimum absolute atomic E-state index is 0.0202. The number of nitrogens with zero attached hydrogens (tertiary/aromatic N) is 3. The van der Waals surface area contributed by atoms with E-state index < -0.39 is 5.97 Å². The second-order valence-corrected chi connectivity index (χ2v) is 3.56. The third-order valence-corrected chi connectivity index (χ3v) is 2.45. The van der Waals surface area contributed by atoms with Crippen molar-refractivity contribution in [2.75, 3.05) is 19.8 Å². The number of hydrogen-bond donors (Lipinski definition) is 1. The summed E-state index contributed by atoms with van der Waals surface area (Å²) in [6.07, 6.45) is 2.50. The molecule has 0 radical (unpaired) electrons. The van der Waals surface area contributed by atoms with E-state index in [2.05, 4.69) is 9.97 Å². The molecule has 1 saturated heterocycles. The summed E-state index contributed by atoms with van der Waals surface area (Å²) in [6.45, 7) is 1.11. The Labute approximate surface area is 97.0 Å². The molecule has 0 unspecified atom stereocenters. The van der Waals surface area contributed by atoms with E-state index in [1.807, 2.05) is 0 Å². The number of carboxylic acid groups (broad SMARTS) is 1. The Bertz CT molecular complexity index is 449. The Morgan fingerprint density at radius 2 is 2.41 bits per heavy atom. The van der Waals surface area contributed by atoms with E-state index in [4.69, 9.17) is 9.84 Å². The molecule has 1 aromatic rings. The molecule has 0 aromatic carbocycles. The van der Waals surface area contributed by atoms with Crippen molar-refractivity contribution in [3.63, 3.8) is 0 Å². The first-order valence-corrected chi connectivity index (χ1v) is 5.06. The van der Waals surface area contributed by atoms with E-state index in [0.717, 1.165) is 0 Å². The second kappa shape index (κ2) is 4.88. The van der Waals surface area contributed by atoms with E-state index in [0.29, 0.717) is 18.8 Å². The quantitative estimate of drug-likeness (QED) is 0.764. The van der Waals surface area contributed by atoms with Crippen molar-refractivity contribution in [3.8, 4) is 0 Å². The Morgan fingerprint density at radius 3 is 3.12 bits per heavy atom. The highest BCUT2D eigenvalue weighted by Gasteiger charge is 2.21. The van der Waals surface area contributed by atoms with Crippen LogP contribution in [0.5, 0.6) is 0 Å². The molecule has 2 heterocycles. The van der Waals surface area contributed by atoms with E-state index in [9.17, 15) is 9.59 Å². The largest absolute Gasteiger partial charge is 0.478 e. The summed E-state index contributed by atoms with van der Waals surface area (Å²) in [5.74, 6) is -1.26. The van der Waals surface area contributed by atoms with Gasteiger partial charge in [-0.05, 0) is 0 Å². The lowest BCUT2D eigenvalue weighted by Gasteiger charge is -2.26. The molecule has 0 saturated carbocycles. The molecule has 0 bridgehead atoms. The fourth-order valence-corrected chi connectivity index (χ4v) is 1.56. The van der Waals surface area contributed by atoms with Gasteiger partial charge in [-0.15, -0.1) is 0 Å². The van der Waals surface area contributed by atoms with Gasteiger partial charge in [0.25, 0.3) is 0 Å². The van der Waals surface area contributed by atoms with Crippen LogP contribution in [0.25, 0.3) is 0 Å². The molecular weight excluding hydrogens is 226 g/mol. The lowest BCUT2D eigenvalue weighted by molar-refractivity contribution is -0.143. The highest BCUT2D eigenvalue weighted by molar-refractivity contribution is 5.88. The molecule has 7 heteroatoms. The number of carboxylic acids is 1. The fourth-order valence-electron chi connectivity index (χ4n) is 1.56. The van der Waals surface area contributed by atoms with Crippen LogP contribution in [-0.2, 0) is 16.1 Å². The van der Waals surface area contributed by atoms with Gasteiger partial charge in [0.2, 0.25) is 5.91 Å². The van der Waals surface area contributed by atoms with Gasteiger partial charge in [-0.25, -0.2) is 14.8 Å². The molecule has 90 valence electrons. The lowest BCUT2D eigenvalue weighted by Crippen LogP contribution is -2.41. The zero-order chi connectivity index (χ0) is 12.3. The van der Waals surface area contributed by atoms with E-state index >= 15 is 0 Å². The number of hydrogen-bond acceptors (Lipinski definition) is 5. The summed E-state index contributed by atoms with van der Waals surface area (Å²) in [4.78, 5) is 31.5. The first kappa shape index (κ1) is 11.5. The molecule has 0 spiro atoms. The van der Waals surface area contributed by atoms with E-state index in [-0.39, 0.29) is 24.6 Å². The maximum absolute atomic E-state index is 11.5. The summed E-state index contributed by atoms with van der Waals surface area (Å²) >= 11 is 0. The molecule has 1 aliphatic rings. The Balaban J connectivity index is 2.17. The van der Waals surface area contributed by atoms with Gasteiger partial charge < -0.3 is 14.7 Å². The van der Waals surface area contributed by atoms with Gasteiger partial charge in [-0.1, -0.05) is 0 Å². The Kier molecular flexibility index (Phi) is 3.29. The number of ether oxygens (including phenoxy) is 1. The molecule has 7 nitrogen and oxygen atoms in total. The average molecular weight is 237 g/mol. The van der Waals surface area contributed by atoms with Gasteiger partial charge >= 0.3 is 5.97 Å². The number of carbonyl (C=O) groups excluding carboxylic acids is 1. The second-order valence-electron chi connectivity index (χ2n) is 3.56. The van der Waals surface area contributed by atoms with Gasteiger partial charge in [-0.3, -0.25) is 4.79 Å². The smallest absolute Gasteiger partial charge is 0.339 e. The number of rotatable bonds is 3. The molecule has 0 aliphatic carbocycles. The van der Waals surface area contributed by atoms with Crippen molar-refractivity contribution >= 4 is 11.9 Å². The standard InChI is InChI=1S/C10H11N3O4/c14-9-5-17-2-1-13(9)4-8-7(10(15)16)3-11-6-12-8/h3,6H,1-2,4-5H2,(H,15,16). The van der Waals surface area contributed by atoms with Crippen molar-refractivity contribution in [2.45, 2.75) is 6.54 Å². The summed E-state index contributed by atoms with van der Waals surface area (Å²) in [5.41, 5.74) is 0.356. The van der Waals surface area contributed by atoms with Gasteiger partial charge in [-0.2, -0.15) is 0 Å². The first-order valence-electron chi connectivity index (χ1n) is 5.06. The van der Waals surface area contributed by atoms with Crippen LogP contribution >= 0.6 is 0 Å². The van der Waals surface area contributed by atoms with Crippen LogP contribution in [0.1, 0.15) is 16.1 Å². The van der Waals surface area contributed by atoms with Gasteiger partial charge in [0, 0.05) is 12.7 Å². The van der Waals surface area contributed by atoms with Crippen molar-refractivity contribution in [1.82, 2.24) is 14.9 Å². The average Bonchev–Trinajstić information content (AvgIpc) is 2.32. The third-order valence-electron chi connectivity index (χ3n) is 2.45. The van der Waals surface area contributed by atoms with E-state index in [1.54, 1.807) is 0 Å². The summed E-state index contributed by atoms with van der Waals surface area (Å²) < 4.78 is 4.99. The van der Waals surface area contributed by atoms with Crippen molar-refractivity contribution in [3.05, 3.63) is 23.8 Å². The monoisotopic (exact) mass is 237 g/mol. The summed E-state index contributed by atoms with van der Waals surface area (Å²) in [5, 5.41) is 8.95. The molecule has 17 heavy (non-hydrogen) atoms. The highest BCUT2D eigenvalue weighted by atomic mass is 16.5. The molecule has 0 atom stereocenters. The van der Waals surface area contributed by atoms with Gasteiger partial charge in [0.15, 0.2) is 0 Å². The lowest BCUT2D eigenvalue weighted by atomic mass is 10.2. The van der Waals surface area contributed by atoms with Crippen molar-refractivity contribution < 1.29 is 19.4 Å². The zero-order valence-electron chi connectivity index (χ0n) is 9.00.